The Bertz CT molecular complexity index is 4040. The van der Waals surface area contributed by atoms with Crippen molar-refractivity contribution in [2.24, 2.45) is 0 Å². The molecule has 0 aliphatic carbocycles. The first-order valence-corrected chi connectivity index (χ1v) is 26.3. The van der Waals surface area contributed by atoms with Crippen LogP contribution in [0.25, 0.3) is 88.0 Å². The standard InChI is InChI=1S/C70H50BNS/c1-70(2,3)51-43-63-68-65(44-51)73-64-40-38-49(45-21-7-4-8-22-45)41-61(64)71(68)60-39-37-50(42-62(60)72(63)69-53(47-23-9-5-10-24-47)34-20-35-54(69)48-25-11-6-12-26-48)66-56-30-15-17-32-58(56)67(59-33-18-16-31-57(59)66)55-36-19-28-46-27-13-14-29-52(46)55/h4-44H,1-3H3. The Hall–Kier alpha value is -8.37. The minimum absolute atomic E-state index is 0.00878. The maximum atomic E-state index is 2.68. The normalized spacial score (nSPS) is 12.8. The molecule has 73 heavy (non-hydrogen) atoms. The van der Waals surface area contributed by atoms with Gasteiger partial charge >= 0.3 is 0 Å². The highest BCUT2D eigenvalue weighted by atomic mass is 32.2. The summed E-state index contributed by atoms with van der Waals surface area (Å²) in [7, 11) is 0. The molecule has 14 rings (SSSR count). The molecule has 12 aromatic carbocycles. The fraction of sp³-hybridized carbons (Fsp3) is 0.0571. The van der Waals surface area contributed by atoms with E-state index in [1.165, 1.54) is 137 Å². The van der Waals surface area contributed by atoms with Gasteiger partial charge in [0.2, 0.25) is 6.71 Å². The van der Waals surface area contributed by atoms with E-state index in [1.807, 2.05) is 11.8 Å². The van der Waals surface area contributed by atoms with E-state index >= 15 is 0 Å². The first kappa shape index (κ1) is 43.4. The number of anilines is 3. The van der Waals surface area contributed by atoms with Gasteiger partial charge in [0.15, 0.2) is 0 Å². The molecule has 2 heterocycles. The van der Waals surface area contributed by atoms with Gasteiger partial charge in [0.05, 0.1) is 5.69 Å². The zero-order valence-corrected chi connectivity index (χ0v) is 41.9. The van der Waals surface area contributed by atoms with E-state index < -0.39 is 0 Å². The molecular weight excluding hydrogens is 898 g/mol. The summed E-state index contributed by atoms with van der Waals surface area (Å²) in [4.78, 5) is 5.31. The smallest absolute Gasteiger partial charge is 0.249 e. The monoisotopic (exact) mass is 947 g/mol. The number of hydrogen-bond donors (Lipinski definition) is 0. The Kier molecular flexibility index (Phi) is 10.2. The number of nitrogens with zero attached hydrogens (tertiary/aromatic N) is 1. The zero-order valence-electron chi connectivity index (χ0n) is 41.1. The van der Waals surface area contributed by atoms with E-state index in [0.29, 0.717) is 0 Å². The topological polar surface area (TPSA) is 3.24 Å². The van der Waals surface area contributed by atoms with Crippen LogP contribution in [0.5, 0.6) is 0 Å². The van der Waals surface area contributed by atoms with Crippen molar-refractivity contribution in [2.75, 3.05) is 4.90 Å². The second-order valence-corrected chi connectivity index (χ2v) is 21.8. The van der Waals surface area contributed by atoms with Gasteiger partial charge in [-0.25, -0.2) is 0 Å². The summed E-state index contributed by atoms with van der Waals surface area (Å²) in [6.45, 7) is 7.07. The van der Waals surface area contributed by atoms with E-state index in [0.717, 1.165) is 0 Å². The predicted octanol–water partition coefficient (Wildman–Crippen LogP) is 17.5. The lowest BCUT2D eigenvalue weighted by Crippen LogP contribution is -2.60. The first-order chi connectivity index (χ1) is 35.9. The van der Waals surface area contributed by atoms with Gasteiger partial charge in [0, 0.05) is 32.3 Å². The molecule has 1 nitrogen and oxygen atoms in total. The third-order valence-corrected chi connectivity index (χ3v) is 16.6. The van der Waals surface area contributed by atoms with Crippen LogP contribution in [-0.4, -0.2) is 6.71 Å². The summed E-state index contributed by atoms with van der Waals surface area (Å²) in [6, 6.07) is 93.2. The molecule has 0 atom stereocenters. The maximum absolute atomic E-state index is 2.68. The summed E-state index contributed by atoms with van der Waals surface area (Å²) in [5, 5.41) is 7.49. The molecule has 2 aliphatic rings. The number of fused-ring (bicyclic) bond motifs is 7. The highest BCUT2D eigenvalue weighted by Crippen LogP contribution is 2.52. The lowest BCUT2D eigenvalue weighted by Gasteiger charge is -2.43. The maximum Gasteiger partial charge on any atom is 0.249 e. The van der Waals surface area contributed by atoms with E-state index in [-0.39, 0.29) is 12.1 Å². The van der Waals surface area contributed by atoms with Gasteiger partial charge in [0.25, 0.3) is 0 Å². The van der Waals surface area contributed by atoms with Crippen molar-refractivity contribution in [3.8, 4) is 55.6 Å². The molecular formula is C70H50BNS. The summed E-state index contributed by atoms with van der Waals surface area (Å²) in [5.74, 6) is 0. The van der Waals surface area contributed by atoms with Gasteiger partial charge in [-0.15, -0.1) is 0 Å². The number of benzene rings is 12. The molecule has 344 valence electrons. The van der Waals surface area contributed by atoms with Gasteiger partial charge < -0.3 is 4.90 Å². The van der Waals surface area contributed by atoms with Crippen molar-refractivity contribution in [1.82, 2.24) is 0 Å². The molecule has 0 unspecified atom stereocenters. The van der Waals surface area contributed by atoms with Crippen LogP contribution in [0.3, 0.4) is 0 Å². The molecule has 12 aromatic rings. The second kappa shape index (κ2) is 17.2. The largest absolute Gasteiger partial charge is 0.310 e. The van der Waals surface area contributed by atoms with Crippen molar-refractivity contribution in [3.63, 3.8) is 0 Å². The van der Waals surface area contributed by atoms with Crippen molar-refractivity contribution in [1.29, 1.82) is 0 Å². The number of hydrogen-bond acceptors (Lipinski definition) is 2. The van der Waals surface area contributed by atoms with Gasteiger partial charge in [-0.05, 0) is 123 Å². The molecule has 0 spiro atoms. The molecule has 3 heteroatoms. The summed E-state index contributed by atoms with van der Waals surface area (Å²) in [6.07, 6.45) is 0. The average molecular weight is 948 g/mol. The minimum atomic E-state index is -0.113. The fourth-order valence-corrected chi connectivity index (χ4v) is 13.2. The van der Waals surface area contributed by atoms with E-state index in [1.54, 1.807) is 0 Å². The summed E-state index contributed by atoms with van der Waals surface area (Å²) < 4.78 is 0. The summed E-state index contributed by atoms with van der Waals surface area (Å²) in [5.41, 5.74) is 21.0. The first-order valence-electron chi connectivity index (χ1n) is 25.5. The third-order valence-electron chi connectivity index (χ3n) is 15.5. The van der Waals surface area contributed by atoms with Crippen LogP contribution < -0.4 is 21.3 Å². The van der Waals surface area contributed by atoms with E-state index in [9.17, 15) is 0 Å². The lowest BCUT2D eigenvalue weighted by atomic mass is 9.34. The quantitative estimate of drug-likeness (QED) is 0.121. The molecule has 0 amide bonds. The third kappa shape index (κ3) is 7.09. The SMILES string of the molecule is CC(C)(C)c1cc2c3c(c1)N(c1c(-c4ccccc4)cccc1-c1ccccc1)c1cc(-c4c5ccccc5c(-c5cccc6ccccc56)c5ccccc45)ccc1B3c1cc(-c3ccccc3)ccc1S2. The van der Waals surface area contributed by atoms with E-state index in [4.69, 9.17) is 0 Å². The lowest BCUT2D eigenvalue weighted by molar-refractivity contribution is 0.589. The van der Waals surface area contributed by atoms with Gasteiger partial charge in [0.1, 0.15) is 0 Å². The van der Waals surface area contributed by atoms with Crippen LogP contribution in [0.4, 0.5) is 17.1 Å². The average Bonchev–Trinajstić information content (AvgIpc) is 3.44. The molecule has 2 aliphatic heterocycles. The fourth-order valence-electron chi connectivity index (χ4n) is 12.0. The zero-order chi connectivity index (χ0) is 48.8. The highest BCUT2D eigenvalue weighted by molar-refractivity contribution is 8.00. The molecule has 0 N–H and O–H groups in total. The van der Waals surface area contributed by atoms with Crippen molar-refractivity contribution in [2.45, 2.75) is 36.0 Å². The highest BCUT2D eigenvalue weighted by Gasteiger charge is 2.43. The van der Waals surface area contributed by atoms with Crippen LogP contribution in [0, 0.1) is 0 Å². The van der Waals surface area contributed by atoms with Gasteiger partial charge in [-0.2, -0.15) is 0 Å². The van der Waals surface area contributed by atoms with Gasteiger partial charge in [-0.1, -0.05) is 262 Å². The Morgan fingerprint density at radius 2 is 0.877 bits per heavy atom. The number of rotatable bonds is 6. The number of para-hydroxylation sites is 1. The Balaban J connectivity index is 1.11. The van der Waals surface area contributed by atoms with Gasteiger partial charge in [-0.3, -0.25) is 0 Å². The predicted molar refractivity (Wildman–Crippen MR) is 315 cm³/mol. The Morgan fingerprint density at radius 1 is 0.356 bits per heavy atom. The van der Waals surface area contributed by atoms with Crippen LogP contribution in [0.2, 0.25) is 0 Å². The van der Waals surface area contributed by atoms with Crippen LogP contribution in [0.1, 0.15) is 26.3 Å². The van der Waals surface area contributed by atoms with Crippen molar-refractivity contribution in [3.05, 3.63) is 254 Å². The Labute approximate surface area is 432 Å². The van der Waals surface area contributed by atoms with E-state index in [2.05, 4.69) is 274 Å². The van der Waals surface area contributed by atoms with Crippen molar-refractivity contribution < 1.29 is 0 Å². The Morgan fingerprint density at radius 3 is 1.51 bits per heavy atom. The van der Waals surface area contributed by atoms with Crippen LogP contribution in [0.15, 0.2) is 259 Å². The minimum Gasteiger partial charge on any atom is -0.310 e. The molecule has 0 aromatic heterocycles. The molecule has 0 saturated carbocycles. The molecule has 0 fully saturated rings. The van der Waals surface area contributed by atoms with Crippen LogP contribution >= 0.6 is 11.8 Å². The molecule has 0 saturated heterocycles. The van der Waals surface area contributed by atoms with Crippen molar-refractivity contribution >= 4 is 84.2 Å². The second-order valence-electron chi connectivity index (χ2n) is 20.7. The molecule has 0 bridgehead atoms. The van der Waals surface area contributed by atoms with Crippen LogP contribution in [-0.2, 0) is 5.41 Å². The summed E-state index contributed by atoms with van der Waals surface area (Å²) >= 11 is 1.93. The molecule has 0 radical (unpaired) electrons.